The van der Waals surface area contributed by atoms with Crippen molar-refractivity contribution in [1.29, 1.82) is 0 Å². The Morgan fingerprint density at radius 2 is 1.75 bits per heavy atom. The van der Waals surface area contributed by atoms with Gasteiger partial charge in [0, 0.05) is 10.4 Å². The average molecular weight is 480 g/mol. The fraction of sp³-hybridized carbons (Fsp3) is 0.478. The highest BCUT2D eigenvalue weighted by molar-refractivity contribution is 7.89. The highest BCUT2D eigenvalue weighted by Crippen LogP contribution is 2.20. The summed E-state index contributed by atoms with van der Waals surface area (Å²) < 4.78 is 27.5. The molecule has 2 N–H and O–H groups in total. The van der Waals surface area contributed by atoms with Gasteiger partial charge in [0.15, 0.2) is 0 Å². The normalized spacial score (nSPS) is 13.1. The van der Waals surface area contributed by atoms with Gasteiger partial charge in [-0.25, -0.2) is 13.1 Å². The zero-order valence-corrected chi connectivity index (χ0v) is 20.9. The van der Waals surface area contributed by atoms with E-state index in [4.69, 9.17) is 0 Å². The van der Waals surface area contributed by atoms with Crippen molar-refractivity contribution in [3.63, 3.8) is 0 Å². The number of amides is 2. The molecule has 0 spiro atoms. The summed E-state index contributed by atoms with van der Waals surface area (Å²) in [6.07, 6.45) is 0.735. The van der Waals surface area contributed by atoms with E-state index >= 15 is 0 Å². The van der Waals surface area contributed by atoms with Gasteiger partial charge in [0.05, 0.1) is 18.0 Å². The van der Waals surface area contributed by atoms with Crippen LogP contribution in [0.5, 0.6) is 0 Å². The van der Waals surface area contributed by atoms with E-state index in [1.54, 1.807) is 18.2 Å². The topological polar surface area (TPSA) is 95.6 Å². The Morgan fingerprint density at radius 3 is 2.28 bits per heavy atom. The monoisotopic (exact) mass is 479 g/mol. The molecule has 176 valence electrons. The van der Waals surface area contributed by atoms with Crippen LogP contribution in [0.4, 0.5) is 0 Å². The Morgan fingerprint density at radius 1 is 1.09 bits per heavy atom. The summed E-state index contributed by atoms with van der Waals surface area (Å²) >= 11 is 1.48. The Labute approximate surface area is 195 Å². The van der Waals surface area contributed by atoms with Crippen molar-refractivity contribution in [2.75, 3.05) is 6.54 Å². The first-order chi connectivity index (χ1) is 15.0. The van der Waals surface area contributed by atoms with Gasteiger partial charge < -0.3 is 10.2 Å². The standard InChI is InChI=1S/C23H33N3O4S2/c1-6-23(4,5)25-22(28)21(17(2)3)26(16-18-11-10-14-31-18)20(27)15-24-32(29,30)19-12-8-7-9-13-19/h7-14,17,21,24H,6,15-16H2,1-5H3,(H,25,28)/t21-/m0/s1. The van der Waals surface area contributed by atoms with Gasteiger partial charge in [0.1, 0.15) is 6.04 Å². The van der Waals surface area contributed by atoms with Crippen LogP contribution in [0.25, 0.3) is 0 Å². The Bertz CT molecular complexity index is 988. The number of rotatable bonds is 11. The predicted octanol–water partition coefficient (Wildman–Crippen LogP) is 3.38. The second-order valence-corrected chi connectivity index (χ2v) is 11.5. The molecule has 0 bridgehead atoms. The maximum atomic E-state index is 13.3. The second kappa shape index (κ2) is 11.1. The Balaban J connectivity index is 2.27. The van der Waals surface area contributed by atoms with E-state index in [0.717, 1.165) is 11.3 Å². The van der Waals surface area contributed by atoms with Gasteiger partial charge in [0.25, 0.3) is 0 Å². The number of sulfonamides is 1. The summed E-state index contributed by atoms with van der Waals surface area (Å²) in [6.45, 7) is 9.40. The van der Waals surface area contributed by atoms with Crippen LogP contribution in [-0.4, -0.2) is 43.3 Å². The summed E-state index contributed by atoms with van der Waals surface area (Å²) in [4.78, 5) is 28.9. The summed E-state index contributed by atoms with van der Waals surface area (Å²) in [5.41, 5.74) is -0.420. The quantitative estimate of drug-likeness (QED) is 0.516. The highest BCUT2D eigenvalue weighted by Gasteiger charge is 2.35. The minimum absolute atomic E-state index is 0.0838. The first-order valence-electron chi connectivity index (χ1n) is 10.7. The van der Waals surface area contributed by atoms with Crippen LogP contribution in [0.3, 0.4) is 0 Å². The number of hydrogen-bond donors (Lipinski definition) is 2. The van der Waals surface area contributed by atoms with Gasteiger partial charge in [0.2, 0.25) is 21.8 Å². The van der Waals surface area contributed by atoms with Crippen molar-refractivity contribution in [3.8, 4) is 0 Å². The van der Waals surface area contributed by atoms with E-state index in [1.807, 2.05) is 52.1 Å². The fourth-order valence-corrected chi connectivity index (χ4v) is 4.85. The molecule has 0 aliphatic heterocycles. The van der Waals surface area contributed by atoms with Gasteiger partial charge >= 0.3 is 0 Å². The molecule has 1 heterocycles. The third kappa shape index (κ3) is 7.15. The molecule has 0 aliphatic rings. The number of nitrogens with zero attached hydrogens (tertiary/aromatic N) is 1. The minimum atomic E-state index is -3.85. The SMILES string of the molecule is CCC(C)(C)NC(=O)[C@H](C(C)C)N(Cc1cccs1)C(=O)CNS(=O)(=O)c1ccccc1. The van der Waals surface area contributed by atoms with Gasteiger partial charge in [-0.3, -0.25) is 9.59 Å². The molecule has 0 aliphatic carbocycles. The number of carbonyl (C=O) groups excluding carboxylic acids is 2. The van der Waals surface area contributed by atoms with E-state index in [9.17, 15) is 18.0 Å². The van der Waals surface area contributed by atoms with Gasteiger partial charge in [-0.05, 0) is 49.8 Å². The molecule has 0 saturated heterocycles. The maximum absolute atomic E-state index is 13.3. The molecule has 2 rings (SSSR count). The van der Waals surface area contributed by atoms with Gasteiger partial charge in [-0.15, -0.1) is 11.3 Å². The van der Waals surface area contributed by atoms with Crippen LogP contribution in [-0.2, 0) is 26.2 Å². The van der Waals surface area contributed by atoms with Crippen LogP contribution < -0.4 is 10.0 Å². The molecular formula is C23H33N3O4S2. The number of thiophene rings is 1. The molecule has 0 unspecified atom stereocenters. The number of benzene rings is 1. The zero-order valence-electron chi connectivity index (χ0n) is 19.3. The maximum Gasteiger partial charge on any atom is 0.243 e. The summed E-state index contributed by atoms with van der Waals surface area (Å²) in [7, 11) is -3.85. The third-order valence-electron chi connectivity index (χ3n) is 5.27. The average Bonchev–Trinajstić information content (AvgIpc) is 3.25. The van der Waals surface area contributed by atoms with E-state index < -0.39 is 34.1 Å². The lowest BCUT2D eigenvalue weighted by Gasteiger charge is -2.36. The molecular weight excluding hydrogens is 446 g/mol. The third-order valence-corrected chi connectivity index (χ3v) is 7.55. The van der Waals surface area contributed by atoms with Crippen LogP contribution >= 0.6 is 11.3 Å². The van der Waals surface area contributed by atoms with Crippen molar-refractivity contribution < 1.29 is 18.0 Å². The predicted molar refractivity (Wildman–Crippen MR) is 128 cm³/mol. The van der Waals surface area contributed by atoms with Crippen molar-refractivity contribution in [1.82, 2.24) is 14.9 Å². The van der Waals surface area contributed by atoms with Gasteiger partial charge in [-0.1, -0.05) is 45.0 Å². The number of carbonyl (C=O) groups is 2. The molecule has 2 amide bonds. The van der Waals surface area contributed by atoms with Crippen molar-refractivity contribution in [2.24, 2.45) is 5.92 Å². The molecule has 7 nitrogen and oxygen atoms in total. The lowest BCUT2D eigenvalue weighted by Crippen LogP contribution is -2.57. The highest BCUT2D eigenvalue weighted by atomic mass is 32.2. The summed E-state index contributed by atoms with van der Waals surface area (Å²) in [6, 6.07) is 10.9. The number of hydrogen-bond acceptors (Lipinski definition) is 5. The lowest BCUT2D eigenvalue weighted by atomic mass is 9.97. The van der Waals surface area contributed by atoms with Crippen LogP contribution in [0.2, 0.25) is 0 Å². The van der Waals surface area contributed by atoms with E-state index in [1.165, 1.54) is 28.4 Å². The Hall–Kier alpha value is -2.23. The molecule has 1 aromatic heterocycles. The minimum Gasteiger partial charge on any atom is -0.349 e. The lowest BCUT2D eigenvalue weighted by molar-refractivity contribution is -0.142. The van der Waals surface area contributed by atoms with E-state index in [0.29, 0.717) is 0 Å². The molecule has 32 heavy (non-hydrogen) atoms. The molecule has 9 heteroatoms. The zero-order chi connectivity index (χ0) is 23.9. The van der Waals surface area contributed by atoms with E-state index in [-0.39, 0.29) is 23.3 Å². The van der Waals surface area contributed by atoms with E-state index in [2.05, 4.69) is 10.0 Å². The molecule has 2 aromatic rings. The molecule has 0 radical (unpaired) electrons. The first-order valence-corrected chi connectivity index (χ1v) is 13.0. The molecule has 0 fully saturated rings. The fourth-order valence-electron chi connectivity index (χ4n) is 3.15. The van der Waals surface area contributed by atoms with Crippen molar-refractivity contribution in [3.05, 3.63) is 52.7 Å². The summed E-state index contributed by atoms with van der Waals surface area (Å²) in [5.74, 6) is -0.874. The second-order valence-electron chi connectivity index (χ2n) is 8.65. The molecule has 1 atom stereocenters. The first kappa shape index (κ1) is 26.0. The van der Waals surface area contributed by atoms with Crippen LogP contribution in [0, 0.1) is 5.92 Å². The summed E-state index contributed by atoms with van der Waals surface area (Å²) in [5, 5.41) is 4.94. The smallest absolute Gasteiger partial charge is 0.243 e. The van der Waals surface area contributed by atoms with Crippen molar-refractivity contribution in [2.45, 2.75) is 64.1 Å². The number of nitrogens with one attached hydrogen (secondary N) is 2. The van der Waals surface area contributed by atoms with Gasteiger partial charge in [-0.2, -0.15) is 0 Å². The molecule has 1 aromatic carbocycles. The largest absolute Gasteiger partial charge is 0.349 e. The van der Waals surface area contributed by atoms with Crippen LogP contribution in [0.15, 0.2) is 52.7 Å². The van der Waals surface area contributed by atoms with Crippen molar-refractivity contribution >= 4 is 33.2 Å². The van der Waals surface area contributed by atoms with Crippen LogP contribution in [0.1, 0.15) is 45.9 Å². The Kier molecular flexibility index (Phi) is 9.00. The molecule has 0 saturated carbocycles.